The number of carbonyl (C=O) groups is 1. The van der Waals surface area contributed by atoms with E-state index in [0.29, 0.717) is 39.1 Å². The Balaban J connectivity index is 1.52. The maximum absolute atomic E-state index is 13.5. The molecule has 2 aromatic heterocycles. The van der Waals surface area contributed by atoms with E-state index in [1.54, 1.807) is 68.8 Å². The second-order valence-electron chi connectivity index (χ2n) is 7.57. The van der Waals surface area contributed by atoms with Crippen molar-refractivity contribution >= 4 is 45.4 Å². The van der Waals surface area contributed by atoms with E-state index in [4.69, 9.17) is 18.9 Å². The summed E-state index contributed by atoms with van der Waals surface area (Å²) in [7, 11) is 3.16. The number of hydrogen-bond donors (Lipinski definition) is 1. The number of aromatic nitrogens is 2. The van der Waals surface area contributed by atoms with Crippen molar-refractivity contribution in [3.8, 4) is 17.2 Å². The molecule has 0 aliphatic heterocycles. The van der Waals surface area contributed by atoms with Crippen LogP contribution in [-0.4, -0.2) is 35.4 Å². The van der Waals surface area contributed by atoms with Crippen molar-refractivity contribution in [3.05, 3.63) is 83.2 Å². The molecule has 1 amide bonds. The van der Waals surface area contributed by atoms with Crippen molar-refractivity contribution in [2.24, 2.45) is 0 Å². The van der Waals surface area contributed by atoms with Crippen LogP contribution in [-0.2, 0) is 4.79 Å². The van der Waals surface area contributed by atoms with Gasteiger partial charge in [0, 0.05) is 11.1 Å². The molecule has 0 unspecified atom stereocenters. The fourth-order valence-corrected chi connectivity index (χ4v) is 4.48. The molecule has 5 rings (SSSR count). The predicted octanol–water partition coefficient (Wildman–Crippen LogP) is 4.88. The Kier molecular flexibility index (Phi) is 6.15. The third-order valence-electron chi connectivity index (χ3n) is 5.40. The molecule has 1 N–H and O–H groups in total. The van der Waals surface area contributed by atoms with E-state index in [2.05, 4.69) is 5.32 Å². The number of furan rings is 1. The van der Waals surface area contributed by atoms with Crippen molar-refractivity contribution < 1.29 is 18.7 Å². The van der Waals surface area contributed by atoms with Crippen molar-refractivity contribution in [2.75, 3.05) is 25.3 Å². The van der Waals surface area contributed by atoms with Gasteiger partial charge in [0.2, 0.25) is 11.5 Å². The maximum Gasteiger partial charge on any atom is 0.302 e. The number of thioether (sulfide) groups is 1. The van der Waals surface area contributed by atoms with Crippen LogP contribution < -0.4 is 20.3 Å². The summed E-state index contributed by atoms with van der Waals surface area (Å²) in [6.45, 7) is 0. The highest BCUT2D eigenvalue weighted by Crippen LogP contribution is 2.29. The van der Waals surface area contributed by atoms with Gasteiger partial charge in [0.25, 0.3) is 0 Å². The number of fused-ring (bicyclic) bond motifs is 3. The van der Waals surface area contributed by atoms with Gasteiger partial charge in [0.15, 0.2) is 5.16 Å². The van der Waals surface area contributed by atoms with Crippen molar-refractivity contribution in [3.63, 3.8) is 0 Å². The molecule has 35 heavy (non-hydrogen) atoms. The second-order valence-corrected chi connectivity index (χ2v) is 8.52. The lowest BCUT2D eigenvalue weighted by Gasteiger charge is -2.12. The van der Waals surface area contributed by atoms with Gasteiger partial charge in [-0.15, -0.1) is 0 Å². The van der Waals surface area contributed by atoms with E-state index in [9.17, 15) is 9.59 Å². The quantitative estimate of drug-likeness (QED) is 0.258. The molecule has 0 aliphatic carbocycles. The first-order valence-electron chi connectivity index (χ1n) is 10.7. The lowest BCUT2D eigenvalue weighted by atomic mass is 10.2. The van der Waals surface area contributed by atoms with Gasteiger partial charge in [0.1, 0.15) is 22.6 Å². The SMILES string of the molecule is COc1ccc(NC(=O)CSc2nc3c(oc4ccccc43)c(=O)n2-c2ccc(OC)cc2)cc1. The minimum absolute atomic E-state index is 0.0515. The molecule has 0 radical (unpaired) electrons. The number of carbonyl (C=O) groups excluding carboxylic acids is 1. The Bertz CT molecular complexity index is 1570. The third-order valence-corrected chi connectivity index (χ3v) is 6.34. The van der Waals surface area contributed by atoms with E-state index in [-0.39, 0.29) is 22.8 Å². The Labute approximate surface area is 204 Å². The molecule has 0 saturated heterocycles. The first-order valence-corrected chi connectivity index (χ1v) is 11.7. The molecule has 0 spiro atoms. The normalized spacial score (nSPS) is 11.0. The van der Waals surface area contributed by atoms with Crippen LogP contribution in [0.3, 0.4) is 0 Å². The Morgan fingerprint density at radius 3 is 2.31 bits per heavy atom. The number of hydrogen-bond acceptors (Lipinski definition) is 7. The molecule has 3 aromatic carbocycles. The van der Waals surface area contributed by atoms with Crippen LogP contribution in [0.15, 0.2) is 87.2 Å². The highest BCUT2D eigenvalue weighted by molar-refractivity contribution is 7.99. The Morgan fingerprint density at radius 1 is 0.971 bits per heavy atom. The van der Waals surface area contributed by atoms with E-state index >= 15 is 0 Å². The van der Waals surface area contributed by atoms with Crippen LogP contribution in [0.5, 0.6) is 11.5 Å². The van der Waals surface area contributed by atoms with Crippen molar-refractivity contribution in [1.29, 1.82) is 0 Å². The zero-order valence-corrected chi connectivity index (χ0v) is 19.8. The molecule has 2 heterocycles. The minimum atomic E-state index is -0.352. The van der Waals surface area contributed by atoms with Gasteiger partial charge in [-0.05, 0) is 60.7 Å². The van der Waals surface area contributed by atoms with Gasteiger partial charge < -0.3 is 19.2 Å². The molecule has 0 bridgehead atoms. The molecule has 0 aliphatic rings. The van der Waals surface area contributed by atoms with Crippen LogP contribution in [0, 0.1) is 0 Å². The van der Waals surface area contributed by atoms with Crippen molar-refractivity contribution in [1.82, 2.24) is 9.55 Å². The predicted molar refractivity (Wildman–Crippen MR) is 136 cm³/mol. The topological polar surface area (TPSA) is 95.6 Å². The summed E-state index contributed by atoms with van der Waals surface area (Å²) in [4.78, 5) is 31.0. The largest absolute Gasteiger partial charge is 0.497 e. The Hall–Kier alpha value is -4.24. The number of benzene rings is 3. The van der Waals surface area contributed by atoms with Gasteiger partial charge in [-0.3, -0.25) is 14.2 Å². The molecule has 176 valence electrons. The van der Waals surface area contributed by atoms with Gasteiger partial charge in [0.05, 0.1) is 25.7 Å². The molecule has 8 nitrogen and oxygen atoms in total. The number of anilines is 1. The fourth-order valence-electron chi connectivity index (χ4n) is 3.68. The third kappa shape index (κ3) is 4.45. The number of ether oxygens (including phenoxy) is 2. The monoisotopic (exact) mass is 487 g/mol. The summed E-state index contributed by atoms with van der Waals surface area (Å²) in [5.41, 5.74) is 2.08. The van der Waals surface area contributed by atoms with Crippen LogP contribution in [0.1, 0.15) is 0 Å². The fraction of sp³-hybridized carbons (Fsp3) is 0.115. The maximum atomic E-state index is 13.5. The van der Waals surface area contributed by atoms with Crippen LogP contribution in [0.2, 0.25) is 0 Å². The number of nitrogens with zero attached hydrogens (tertiary/aromatic N) is 2. The minimum Gasteiger partial charge on any atom is -0.497 e. The lowest BCUT2D eigenvalue weighted by molar-refractivity contribution is -0.113. The molecular formula is C26H21N3O5S. The number of methoxy groups -OCH3 is 2. The molecule has 0 atom stereocenters. The number of rotatable bonds is 7. The van der Waals surface area contributed by atoms with Gasteiger partial charge in [-0.2, -0.15) is 0 Å². The molecule has 9 heteroatoms. The molecule has 5 aromatic rings. The molecule has 0 fully saturated rings. The average Bonchev–Trinajstić information content (AvgIpc) is 3.27. The highest BCUT2D eigenvalue weighted by Gasteiger charge is 2.20. The van der Waals surface area contributed by atoms with Crippen LogP contribution in [0.4, 0.5) is 5.69 Å². The van der Waals surface area contributed by atoms with Crippen LogP contribution in [0.25, 0.3) is 27.8 Å². The zero-order valence-electron chi connectivity index (χ0n) is 19.0. The highest BCUT2D eigenvalue weighted by atomic mass is 32.2. The zero-order chi connectivity index (χ0) is 24.4. The van der Waals surface area contributed by atoms with Crippen LogP contribution >= 0.6 is 11.8 Å². The second kappa shape index (κ2) is 9.55. The number of nitrogens with one attached hydrogen (secondary N) is 1. The van der Waals surface area contributed by atoms with Gasteiger partial charge in [-0.1, -0.05) is 23.9 Å². The summed E-state index contributed by atoms with van der Waals surface area (Å²) in [6.07, 6.45) is 0. The summed E-state index contributed by atoms with van der Waals surface area (Å²) in [5, 5.41) is 3.97. The summed E-state index contributed by atoms with van der Waals surface area (Å²) >= 11 is 1.17. The van der Waals surface area contributed by atoms with E-state index in [1.165, 1.54) is 16.3 Å². The Morgan fingerprint density at radius 2 is 1.63 bits per heavy atom. The van der Waals surface area contributed by atoms with Crippen molar-refractivity contribution in [2.45, 2.75) is 5.16 Å². The number of para-hydroxylation sites is 1. The average molecular weight is 488 g/mol. The van der Waals surface area contributed by atoms with E-state index < -0.39 is 0 Å². The lowest BCUT2D eigenvalue weighted by Crippen LogP contribution is -2.22. The molecule has 0 saturated carbocycles. The number of amides is 1. The summed E-state index contributed by atoms with van der Waals surface area (Å²) in [6, 6.07) is 21.5. The van der Waals surface area contributed by atoms with Gasteiger partial charge >= 0.3 is 5.56 Å². The standard InChI is InChI=1S/C26H21N3O5S/c1-32-18-11-7-16(8-12-18)27-22(30)15-35-26-28-23-20-5-3-4-6-21(20)34-24(23)25(31)29(26)17-9-13-19(33-2)14-10-17/h3-14H,15H2,1-2H3,(H,27,30). The summed E-state index contributed by atoms with van der Waals surface area (Å²) in [5.74, 6) is 1.18. The van der Waals surface area contributed by atoms with E-state index in [1.807, 2.05) is 18.2 Å². The van der Waals surface area contributed by atoms with Gasteiger partial charge in [-0.25, -0.2) is 4.98 Å². The van der Waals surface area contributed by atoms with E-state index in [0.717, 1.165) is 5.39 Å². The first-order chi connectivity index (χ1) is 17.1. The molecular weight excluding hydrogens is 466 g/mol. The smallest absolute Gasteiger partial charge is 0.302 e. The summed E-state index contributed by atoms with van der Waals surface area (Å²) < 4.78 is 17.7. The first kappa shape index (κ1) is 22.5.